The van der Waals surface area contributed by atoms with Crippen LogP contribution in [0.15, 0.2) is 24.3 Å². The molecule has 1 aromatic carbocycles. The van der Waals surface area contributed by atoms with Gasteiger partial charge in [0.15, 0.2) is 0 Å². The van der Waals surface area contributed by atoms with Crippen LogP contribution in [0.3, 0.4) is 0 Å². The van der Waals surface area contributed by atoms with Crippen LogP contribution in [0.2, 0.25) is 0 Å². The molecule has 1 rings (SSSR count). The van der Waals surface area contributed by atoms with Crippen LogP contribution in [0.25, 0.3) is 0 Å². The molecule has 5 nitrogen and oxygen atoms in total. The molecule has 0 aliphatic carbocycles. The lowest BCUT2D eigenvalue weighted by Crippen LogP contribution is -2.35. The predicted molar refractivity (Wildman–Crippen MR) is 78.7 cm³/mol. The Morgan fingerprint density at radius 1 is 1.25 bits per heavy atom. The van der Waals surface area contributed by atoms with E-state index in [9.17, 15) is 9.59 Å². The van der Waals surface area contributed by atoms with Gasteiger partial charge in [0.05, 0.1) is 6.61 Å². The lowest BCUT2D eigenvalue weighted by molar-refractivity contribution is -0.118. The Kier molecular flexibility index (Phi) is 6.18. The molecule has 0 saturated carbocycles. The molecule has 0 saturated heterocycles. The van der Waals surface area contributed by atoms with E-state index >= 15 is 0 Å². The molecule has 2 amide bonds. The topological polar surface area (TPSA) is 67.4 Å². The van der Waals surface area contributed by atoms with E-state index in [1.807, 2.05) is 20.8 Å². The van der Waals surface area contributed by atoms with Gasteiger partial charge in [-0.2, -0.15) is 0 Å². The third-order valence-corrected chi connectivity index (χ3v) is 2.71. The zero-order chi connectivity index (χ0) is 15.1. The average Bonchev–Trinajstić information content (AvgIpc) is 2.39. The molecule has 0 spiro atoms. The number of rotatable bonds is 6. The van der Waals surface area contributed by atoms with Gasteiger partial charge in [-0.15, -0.1) is 0 Å². The Hall–Kier alpha value is -1.88. The number of anilines is 1. The van der Waals surface area contributed by atoms with Gasteiger partial charge in [0, 0.05) is 30.3 Å². The summed E-state index contributed by atoms with van der Waals surface area (Å²) in [6, 6.07) is 6.80. The van der Waals surface area contributed by atoms with Crippen molar-refractivity contribution in [2.45, 2.75) is 26.8 Å². The lowest BCUT2D eigenvalue weighted by atomic mass is 10.1. The van der Waals surface area contributed by atoms with Crippen LogP contribution in [-0.2, 0) is 9.53 Å². The molecule has 0 radical (unpaired) electrons. The van der Waals surface area contributed by atoms with Crippen molar-refractivity contribution in [3.05, 3.63) is 29.8 Å². The van der Waals surface area contributed by atoms with Gasteiger partial charge in [0.1, 0.15) is 0 Å². The lowest BCUT2D eigenvalue weighted by Gasteiger charge is -2.13. The molecule has 1 aromatic rings. The molecule has 0 unspecified atom stereocenters. The van der Waals surface area contributed by atoms with E-state index < -0.39 is 0 Å². The van der Waals surface area contributed by atoms with Crippen molar-refractivity contribution in [1.29, 1.82) is 0 Å². The smallest absolute Gasteiger partial charge is 0.251 e. The molecule has 1 atom stereocenters. The number of carbonyl (C=O) groups is 2. The summed E-state index contributed by atoms with van der Waals surface area (Å²) in [5.74, 6) is -0.361. The number of nitrogens with one attached hydrogen (secondary N) is 2. The maximum absolute atomic E-state index is 12.0. The van der Waals surface area contributed by atoms with Crippen molar-refractivity contribution in [2.24, 2.45) is 5.92 Å². The minimum Gasteiger partial charge on any atom is -0.383 e. The number of methoxy groups -OCH3 is 1. The third-order valence-electron chi connectivity index (χ3n) is 2.71. The zero-order valence-corrected chi connectivity index (χ0v) is 12.4. The summed E-state index contributed by atoms with van der Waals surface area (Å²) in [5, 5.41) is 5.60. The highest BCUT2D eigenvalue weighted by atomic mass is 16.5. The first-order chi connectivity index (χ1) is 9.43. The number of amides is 2. The molecule has 20 heavy (non-hydrogen) atoms. The largest absolute Gasteiger partial charge is 0.383 e. The summed E-state index contributed by atoms with van der Waals surface area (Å²) in [6.45, 7) is 5.96. The highest BCUT2D eigenvalue weighted by molar-refractivity contribution is 5.97. The Labute approximate surface area is 119 Å². The number of hydrogen-bond donors (Lipinski definition) is 2. The summed E-state index contributed by atoms with van der Waals surface area (Å²) >= 11 is 0. The van der Waals surface area contributed by atoms with E-state index in [0.717, 1.165) is 0 Å². The van der Waals surface area contributed by atoms with Gasteiger partial charge in [0.2, 0.25) is 5.91 Å². The summed E-state index contributed by atoms with van der Waals surface area (Å²) in [4.78, 5) is 23.7. The SMILES string of the molecule is COC[C@H](C)NC(=O)c1cccc(NC(=O)C(C)C)c1. The van der Waals surface area contributed by atoms with E-state index in [0.29, 0.717) is 17.9 Å². The van der Waals surface area contributed by atoms with E-state index in [2.05, 4.69) is 10.6 Å². The average molecular weight is 278 g/mol. The van der Waals surface area contributed by atoms with Crippen LogP contribution >= 0.6 is 0 Å². The van der Waals surface area contributed by atoms with E-state index in [1.54, 1.807) is 31.4 Å². The van der Waals surface area contributed by atoms with Crippen molar-refractivity contribution < 1.29 is 14.3 Å². The molecule has 0 fully saturated rings. The number of benzene rings is 1. The van der Waals surface area contributed by atoms with Crippen LogP contribution in [0.5, 0.6) is 0 Å². The summed E-state index contributed by atoms with van der Waals surface area (Å²) < 4.78 is 4.97. The van der Waals surface area contributed by atoms with Gasteiger partial charge in [-0.05, 0) is 25.1 Å². The maximum Gasteiger partial charge on any atom is 0.251 e. The Bertz CT molecular complexity index is 472. The van der Waals surface area contributed by atoms with Gasteiger partial charge in [0.25, 0.3) is 5.91 Å². The van der Waals surface area contributed by atoms with Gasteiger partial charge < -0.3 is 15.4 Å². The van der Waals surface area contributed by atoms with Crippen molar-refractivity contribution in [3.8, 4) is 0 Å². The van der Waals surface area contributed by atoms with Crippen LogP contribution in [-0.4, -0.2) is 31.6 Å². The standard InChI is InChI=1S/C15H22N2O3/c1-10(2)14(18)17-13-7-5-6-12(8-13)15(19)16-11(3)9-20-4/h5-8,10-11H,9H2,1-4H3,(H,16,19)(H,17,18)/t11-/m0/s1. The fourth-order valence-corrected chi connectivity index (χ4v) is 1.62. The number of carbonyl (C=O) groups excluding carboxylic acids is 2. The maximum atomic E-state index is 12.0. The first kappa shape index (κ1) is 16.2. The fraction of sp³-hybridized carbons (Fsp3) is 0.467. The second kappa shape index (κ2) is 7.65. The first-order valence-electron chi connectivity index (χ1n) is 6.64. The van der Waals surface area contributed by atoms with Gasteiger partial charge in [-0.3, -0.25) is 9.59 Å². The molecule has 2 N–H and O–H groups in total. The van der Waals surface area contributed by atoms with Gasteiger partial charge in [-0.25, -0.2) is 0 Å². The van der Waals surface area contributed by atoms with Crippen LogP contribution < -0.4 is 10.6 Å². The monoisotopic (exact) mass is 278 g/mol. The van der Waals surface area contributed by atoms with Gasteiger partial charge >= 0.3 is 0 Å². The molecule has 0 aliphatic rings. The fourth-order valence-electron chi connectivity index (χ4n) is 1.62. The molecular formula is C15H22N2O3. The number of hydrogen-bond acceptors (Lipinski definition) is 3. The normalized spacial score (nSPS) is 12.1. The Morgan fingerprint density at radius 2 is 1.95 bits per heavy atom. The van der Waals surface area contributed by atoms with Crippen LogP contribution in [0, 0.1) is 5.92 Å². The van der Waals surface area contributed by atoms with Crippen molar-refractivity contribution in [1.82, 2.24) is 5.32 Å². The van der Waals surface area contributed by atoms with E-state index in [4.69, 9.17) is 4.74 Å². The first-order valence-corrected chi connectivity index (χ1v) is 6.64. The molecule has 0 aliphatic heterocycles. The summed E-state index contributed by atoms with van der Waals surface area (Å²) in [5.41, 5.74) is 1.13. The predicted octanol–water partition coefficient (Wildman–Crippen LogP) is 2.05. The minimum atomic E-state index is -0.185. The second-order valence-corrected chi connectivity index (χ2v) is 5.05. The Morgan fingerprint density at radius 3 is 2.55 bits per heavy atom. The van der Waals surface area contributed by atoms with Crippen molar-refractivity contribution in [2.75, 3.05) is 19.0 Å². The molecular weight excluding hydrogens is 256 g/mol. The molecule has 0 bridgehead atoms. The van der Waals surface area contributed by atoms with E-state index in [-0.39, 0.29) is 23.8 Å². The summed E-state index contributed by atoms with van der Waals surface area (Å²) in [6.07, 6.45) is 0. The molecule has 110 valence electrons. The highest BCUT2D eigenvalue weighted by Crippen LogP contribution is 2.12. The highest BCUT2D eigenvalue weighted by Gasteiger charge is 2.11. The minimum absolute atomic E-state index is 0.0681. The quantitative estimate of drug-likeness (QED) is 0.837. The van der Waals surface area contributed by atoms with E-state index in [1.165, 1.54) is 0 Å². The van der Waals surface area contributed by atoms with Gasteiger partial charge in [-0.1, -0.05) is 19.9 Å². The van der Waals surface area contributed by atoms with Crippen LogP contribution in [0.4, 0.5) is 5.69 Å². The second-order valence-electron chi connectivity index (χ2n) is 5.05. The zero-order valence-electron chi connectivity index (χ0n) is 12.4. The van der Waals surface area contributed by atoms with Crippen LogP contribution in [0.1, 0.15) is 31.1 Å². The van der Waals surface area contributed by atoms with Crippen molar-refractivity contribution in [3.63, 3.8) is 0 Å². The molecule has 0 heterocycles. The van der Waals surface area contributed by atoms with Crippen molar-refractivity contribution >= 4 is 17.5 Å². The third kappa shape index (κ3) is 5.01. The molecule has 0 aromatic heterocycles. The molecule has 5 heteroatoms. The summed E-state index contributed by atoms with van der Waals surface area (Å²) in [7, 11) is 1.59. The Balaban J connectivity index is 2.72. The number of ether oxygens (including phenoxy) is 1.